The molecule has 0 aromatic carbocycles. The van der Waals surface area contributed by atoms with Crippen molar-refractivity contribution in [3.63, 3.8) is 0 Å². The van der Waals surface area contributed by atoms with Crippen LogP contribution >= 0.6 is 0 Å². The number of methoxy groups -OCH3 is 2. The topological polar surface area (TPSA) is 669 Å². The number of aliphatic hydroxyl groups is 20. The maximum atomic E-state index is 12.8. The van der Waals surface area contributed by atoms with Crippen LogP contribution in [-0.2, 0) is 76.1 Å². The highest BCUT2D eigenvalue weighted by atomic mass is 16.7. The maximum absolute atomic E-state index is 12.8. The van der Waals surface area contributed by atoms with Gasteiger partial charge in [-0.2, -0.15) is 0 Å². The van der Waals surface area contributed by atoms with E-state index in [1.54, 1.807) is 179 Å². The van der Waals surface area contributed by atoms with Gasteiger partial charge in [-0.05, 0) is 92.2 Å². The lowest BCUT2D eigenvalue weighted by atomic mass is 9.82. The minimum Gasteiger partial charge on any atom is -0.481 e. The molecule has 6 aliphatic rings. The Bertz CT molecular complexity index is 4220. The van der Waals surface area contributed by atoms with Crippen molar-refractivity contribution in [2.24, 2.45) is 41.2 Å². The molecule has 0 radical (unpaired) electrons. The number of nitrogens with two attached hydrogens (primary N) is 1. The summed E-state index contributed by atoms with van der Waals surface area (Å²) in [5.41, 5.74) is 6.02. The van der Waals surface area contributed by atoms with Gasteiger partial charge in [0.15, 0.2) is 24.2 Å². The molecule has 0 spiro atoms. The van der Waals surface area contributed by atoms with Crippen LogP contribution in [0, 0.1) is 35.5 Å². The molecule has 6 rings (SSSR count). The Kier molecular flexibility index (Phi) is 57.2. The van der Waals surface area contributed by atoms with Crippen molar-refractivity contribution in [2.45, 2.75) is 379 Å². The summed E-state index contributed by atoms with van der Waals surface area (Å²) in [4.78, 5) is 76.4. The van der Waals surface area contributed by atoms with E-state index in [9.17, 15) is 141 Å². The van der Waals surface area contributed by atoms with Gasteiger partial charge in [0.25, 0.3) is 0 Å². The smallest absolute Gasteiger partial charge is 0.311 e. The van der Waals surface area contributed by atoms with E-state index < -0.39 is 312 Å². The van der Waals surface area contributed by atoms with Crippen molar-refractivity contribution in [2.75, 3.05) is 27.3 Å². The minimum atomic E-state index is -2.40. The highest BCUT2D eigenvalue weighted by molar-refractivity contribution is 5.73. The molecule has 816 valence electrons. The van der Waals surface area contributed by atoms with E-state index in [-0.39, 0.29) is 95.6 Å². The van der Waals surface area contributed by atoms with Crippen LogP contribution in [0.1, 0.15) is 184 Å². The second kappa shape index (κ2) is 65.1. The zero-order valence-electron chi connectivity index (χ0n) is 83.9. The summed E-state index contributed by atoms with van der Waals surface area (Å²) in [6, 6.07) is -2.23. The van der Waals surface area contributed by atoms with Crippen molar-refractivity contribution < 1.29 is 188 Å². The van der Waals surface area contributed by atoms with Crippen LogP contribution in [-0.4, -0.2) is 375 Å². The molecule has 0 amide bonds. The highest BCUT2D eigenvalue weighted by Gasteiger charge is 2.54. The van der Waals surface area contributed by atoms with Gasteiger partial charge in [0.1, 0.15) is 36.3 Å². The van der Waals surface area contributed by atoms with E-state index >= 15 is 0 Å². The number of ether oxygens (including phenoxy) is 10. The number of hydrogen-bond acceptors (Lipinski definition) is 38. The van der Waals surface area contributed by atoms with Crippen molar-refractivity contribution in [1.29, 1.82) is 0 Å². The first-order valence-electron chi connectivity index (χ1n) is 49.5. The van der Waals surface area contributed by atoms with Crippen molar-refractivity contribution >= 4 is 35.8 Å². The predicted octanol–water partition coefficient (Wildman–Crippen LogP) is 2.67. The molecule has 4 saturated heterocycles. The summed E-state index contributed by atoms with van der Waals surface area (Å²) in [6.45, 7) is 13.8. The third kappa shape index (κ3) is 44.8. The molecule has 4 bridgehead atoms. The first kappa shape index (κ1) is 127. The highest BCUT2D eigenvalue weighted by Crippen LogP contribution is 2.42. The van der Waals surface area contributed by atoms with Gasteiger partial charge in [0.2, 0.25) is 0 Å². The number of fused-ring (bicyclic) bond motifs is 4. The number of cyclic esters (lactones) is 2. The van der Waals surface area contributed by atoms with Crippen LogP contribution in [0.5, 0.6) is 0 Å². The Hall–Kier alpha value is -7.94. The molecule has 0 aromatic rings. The Labute approximate surface area is 842 Å². The van der Waals surface area contributed by atoms with E-state index in [0.717, 1.165) is 0 Å². The van der Waals surface area contributed by atoms with E-state index in [1.165, 1.54) is 33.3 Å². The quantitative estimate of drug-likeness (QED) is 0.0827. The molecule has 40 nitrogen and oxygen atoms in total. The van der Waals surface area contributed by atoms with Gasteiger partial charge in [-0.1, -0.05) is 198 Å². The van der Waals surface area contributed by atoms with E-state index in [1.807, 2.05) is 32.1 Å². The van der Waals surface area contributed by atoms with Crippen molar-refractivity contribution in [3.05, 3.63) is 170 Å². The Balaban J connectivity index is 0.000000517. The maximum Gasteiger partial charge on any atom is 0.311 e. The molecule has 6 aliphatic heterocycles. The number of rotatable bonds is 15. The summed E-state index contributed by atoms with van der Waals surface area (Å²) in [5.74, 6) is -14.9. The number of carboxylic acids is 2. The van der Waals surface area contributed by atoms with Gasteiger partial charge in [0.05, 0.1) is 173 Å². The van der Waals surface area contributed by atoms with Gasteiger partial charge in [-0.3, -0.25) is 33.7 Å². The number of carbonyl (C=O) groups is 6. The van der Waals surface area contributed by atoms with Crippen LogP contribution in [0.2, 0.25) is 0 Å². The molecule has 4 fully saturated rings. The lowest BCUT2D eigenvalue weighted by Crippen LogP contribution is -2.64. The summed E-state index contributed by atoms with van der Waals surface area (Å²) in [5, 5.41) is 240. The standard InChI is InChI=1S/C57H89NO21.C47H73NO17/c1-35-21-17-15-13-11-9-7-8-10-12-14-16-18-22-42(78-56-54(70)51(53(69)38(4)77-56)58(27-19-23-47(65)74-5)28-20-24-48(66)75-6)32-46-50(55(71)72)45(64)34-57(73,79-46)33-41(61)30-44(63)43(62)26-25-39(59)29-40(60)31-49(67)76-37(3)36(2)52(35)68;1-27-17-15-13-11-9-7-5-6-8-10-12-14-16-18-34(64-46-44(58)41(48)43(57)30(4)63-46)24-38-40(45(59)60)37(54)26-47(61,65-38)25-33(51)22-36(53)35(52)20-19-31(49)21-32(50)23-39(55)62-29(3)28(2)42(27)56/h7-18,21-22,35-46,50-54,56,59-64,68-70,73H,19-20,23-34H2,1-6H3,(H,71,72);5-18,27-38,40-44,46,49-54,56-58,61H,19-26,48H2,1-4H3,(H,59,60)/b8-7+,11-9+,12-10+,15-13+,16-14+,21-17+,22-18+;6-5+,9-7+,10-8+,13-11+,14-12+,17-15+,18-16+/t35-,36-,37-,38+,39+,40+,41-,42-,43+,44+,45-,46?,50+,51-,52+,53+,54-,56-,57+;27-,28-,29-,30+,31+,32+,33-,34-,35+,36+,37-,38?,40+,41-,42+,43+,44-,46-,47+/m00/s1. The Morgan fingerprint density at radius 1 is 0.368 bits per heavy atom. The van der Waals surface area contributed by atoms with Gasteiger partial charge in [0, 0.05) is 87.9 Å². The zero-order valence-corrected chi connectivity index (χ0v) is 83.9. The molecular weight excluding hydrogens is 1890 g/mol. The van der Waals surface area contributed by atoms with Crippen molar-refractivity contribution in [3.8, 4) is 0 Å². The molecule has 6 heterocycles. The van der Waals surface area contributed by atoms with Crippen LogP contribution in [0.4, 0.5) is 0 Å². The fourth-order valence-electron chi connectivity index (χ4n) is 17.8. The molecule has 40 heteroatoms. The molecule has 24 N–H and O–H groups in total. The van der Waals surface area contributed by atoms with Crippen LogP contribution in [0.15, 0.2) is 170 Å². The van der Waals surface area contributed by atoms with Crippen LogP contribution in [0.25, 0.3) is 0 Å². The number of esters is 4. The van der Waals surface area contributed by atoms with Gasteiger partial charge >= 0.3 is 35.8 Å². The average molecular weight is 2050 g/mol. The van der Waals surface area contributed by atoms with Crippen LogP contribution < -0.4 is 5.73 Å². The van der Waals surface area contributed by atoms with Crippen molar-refractivity contribution in [1.82, 2.24) is 4.90 Å². The third-order valence-electron chi connectivity index (χ3n) is 26.5. The number of aliphatic carboxylic acids is 2. The lowest BCUT2D eigenvalue weighted by Gasteiger charge is -2.47. The monoisotopic (exact) mass is 2050 g/mol. The molecule has 38 atom stereocenters. The fourth-order valence-corrected chi connectivity index (χ4v) is 17.8. The number of aliphatic hydroxyl groups excluding tert-OH is 18. The molecule has 2 unspecified atom stereocenters. The number of carbonyl (C=O) groups excluding carboxylic acids is 4. The first-order valence-corrected chi connectivity index (χ1v) is 49.5. The zero-order chi connectivity index (χ0) is 107. The normalized spacial score (nSPS) is 42.2. The van der Waals surface area contributed by atoms with E-state index in [2.05, 4.69) is 0 Å². The predicted molar refractivity (Wildman–Crippen MR) is 524 cm³/mol. The summed E-state index contributed by atoms with van der Waals surface area (Å²) in [7, 11) is 2.50. The average Bonchev–Trinajstić information content (AvgIpc) is 0.783. The van der Waals surface area contributed by atoms with E-state index in [0.29, 0.717) is 0 Å². The van der Waals surface area contributed by atoms with Gasteiger partial charge < -0.3 is 165 Å². The molecular formula is C104H162N2O38. The first-order chi connectivity index (χ1) is 68.0. The number of nitrogens with zero attached hydrogens (tertiary/aromatic N) is 1. The molecule has 144 heavy (non-hydrogen) atoms. The number of hydrogen-bond donors (Lipinski definition) is 23. The SMILES string of the molecule is COC(=O)CCCN(CCCC(=O)OC)[C@@H]1[C@H](O)[C@H](O[C@H]2/C=C/C=C/C=C/C=C/C=C/C=C/C=C/[C@H](C)[C@@H](O)[C@@H](C)[C@H](C)OC(=O)C[C@H](O)C[C@H](O)CC[C@@H](O)[C@H](O)C[C@H](O)C[C@]3(O)C[C@H](O)[C@@H](C(=O)O)C(C2)O3)O[C@H](C)[C@H]1O.C[C@@H]1[C@H](O)[C@@H](C)/C=C/C=C/C=C/C=C/C=C/C=C/C=C/[C@H](O[C@@H]2O[C@H](C)[C@@H](O)[C@H](N)[C@@H]2O)CC2O[C@](O)(C[C@@H](O)C[C@@H](O)[C@H](O)CC[C@@H](O)C[C@@H](O)CC(=O)O[C@H]1C)C[C@H](O)[C@H]2C(=O)O. The van der Waals surface area contributed by atoms with E-state index in [4.69, 9.17) is 53.1 Å². The second-order valence-corrected chi connectivity index (χ2v) is 38.4. The largest absolute Gasteiger partial charge is 0.481 e. The summed E-state index contributed by atoms with van der Waals surface area (Å²) < 4.78 is 56.7. The number of carboxylic acid groups (broad SMARTS) is 2. The van der Waals surface area contributed by atoms with Crippen LogP contribution in [0.3, 0.4) is 0 Å². The van der Waals surface area contributed by atoms with Gasteiger partial charge in [-0.15, -0.1) is 0 Å². The summed E-state index contributed by atoms with van der Waals surface area (Å²) in [6.07, 6.45) is 6.09. The number of allylic oxidation sites excluding steroid dienone is 24. The third-order valence-corrected chi connectivity index (χ3v) is 26.5. The minimum absolute atomic E-state index is 0.0174. The molecule has 0 saturated carbocycles. The lowest BCUT2D eigenvalue weighted by molar-refractivity contribution is -0.312. The van der Waals surface area contributed by atoms with Gasteiger partial charge in [-0.25, -0.2) is 0 Å². The fraction of sp³-hybridized carbons (Fsp3) is 0.673. The molecule has 0 aliphatic carbocycles. The Morgan fingerprint density at radius 3 is 1.02 bits per heavy atom. The second-order valence-electron chi connectivity index (χ2n) is 38.4. The molecule has 0 aromatic heterocycles. The summed E-state index contributed by atoms with van der Waals surface area (Å²) >= 11 is 0. The Morgan fingerprint density at radius 2 is 0.688 bits per heavy atom.